The van der Waals surface area contributed by atoms with Crippen molar-refractivity contribution < 1.29 is 4.79 Å². The molecule has 146 valence electrons. The van der Waals surface area contributed by atoms with Crippen molar-refractivity contribution in [2.24, 2.45) is 0 Å². The van der Waals surface area contributed by atoms with Gasteiger partial charge in [-0.2, -0.15) is 4.98 Å². The molecule has 1 fully saturated rings. The number of nitrogens with zero attached hydrogens (tertiary/aromatic N) is 5. The van der Waals surface area contributed by atoms with Crippen LogP contribution < -0.4 is 15.5 Å². The summed E-state index contributed by atoms with van der Waals surface area (Å²) in [5.41, 5.74) is 1.72. The van der Waals surface area contributed by atoms with E-state index in [1.807, 2.05) is 13.0 Å². The van der Waals surface area contributed by atoms with Crippen LogP contribution in [0.2, 0.25) is 0 Å². The highest BCUT2D eigenvalue weighted by atomic mass is 32.1. The van der Waals surface area contributed by atoms with Gasteiger partial charge in [0.1, 0.15) is 10.7 Å². The SMILES string of the molecule is CCCc1nnsc1C(=O)NCCNc1nc(C)cc(N2CCCCC2)n1. The van der Waals surface area contributed by atoms with E-state index in [-0.39, 0.29) is 5.91 Å². The van der Waals surface area contributed by atoms with Gasteiger partial charge in [-0.3, -0.25) is 4.79 Å². The summed E-state index contributed by atoms with van der Waals surface area (Å²) in [6, 6.07) is 2.03. The van der Waals surface area contributed by atoms with Gasteiger partial charge in [0, 0.05) is 37.9 Å². The number of amides is 1. The Balaban J connectivity index is 1.50. The number of hydrogen-bond acceptors (Lipinski definition) is 8. The topological polar surface area (TPSA) is 95.9 Å². The van der Waals surface area contributed by atoms with Crippen molar-refractivity contribution in [2.45, 2.75) is 46.0 Å². The molecule has 1 saturated heterocycles. The first-order valence-corrected chi connectivity index (χ1v) is 10.4. The van der Waals surface area contributed by atoms with Gasteiger partial charge in [-0.1, -0.05) is 17.8 Å². The number of carbonyl (C=O) groups excluding carboxylic acids is 1. The molecular formula is C18H27N7OS. The first kappa shape index (κ1) is 19.5. The number of aryl methyl sites for hydroxylation is 2. The zero-order chi connectivity index (χ0) is 19.1. The maximum Gasteiger partial charge on any atom is 0.265 e. The minimum absolute atomic E-state index is 0.116. The van der Waals surface area contributed by atoms with Crippen LogP contribution in [0.3, 0.4) is 0 Å². The molecule has 0 aromatic carbocycles. The van der Waals surface area contributed by atoms with Crippen LogP contribution in [0.1, 0.15) is 53.7 Å². The van der Waals surface area contributed by atoms with E-state index in [1.54, 1.807) is 0 Å². The Morgan fingerprint density at radius 3 is 2.81 bits per heavy atom. The maximum atomic E-state index is 12.3. The van der Waals surface area contributed by atoms with Crippen molar-refractivity contribution in [1.82, 2.24) is 24.9 Å². The Morgan fingerprint density at radius 1 is 1.22 bits per heavy atom. The predicted molar refractivity (Wildman–Crippen MR) is 108 cm³/mol. The van der Waals surface area contributed by atoms with Gasteiger partial charge in [-0.25, -0.2) is 4.98 Å². The van der Waals surface area contributed by atoms with Crippen LogP contribution >= 0.6 is 11.5 Å². The molecule has 27 heavy (non-hydrogen) atoms. The third kappa shape index (κ3) is 5.35. The summed E-state index contributed by atoms with van der Waals surface area (Å²) in [6.45, 7) is 7.19. The molecule has 0 unspecified atom stereocenters. The number of piperidine rings is 1. The number of anilines is 2. The molecule has 9 heteroatoms. The monoisotopic (exact) mass is 389 g/mol. The predicted octanol–water partition coefficient (Wildman–Crippen LogP) is 2.42. The second kappa shape index (κ2) is 9.59. The number of rotatable bonds is 8. The molecule has 3 rings (SSSR count). The first-order chi connectivity index (χ1) is 13.2. The molecule has 1 amide bonds. The van der Waals surface area contributed by atoms with Crippen molar-refractivity contribution in [2.75, 3.05) is 36.4 Å². The summed E-state index contributed by atoms with van der Waals surface area (Å²) < 4.78 is 3.89. The maximum absolute atomic E-state index is 12.3. The second-order valence-electron chi connectivity index (χ2n) is 6.72. The van der Waals surface area contributed by atoms with Crippen LogP contribution in [0.25, 0.3) is 0 Å². The fourth-order valence-electron chi connectivity index (χ4n) is 3.13. The van der Waals surface area contributed by atoms with E-state index >= 15 is 0 Å². The van der Waals surface area contributed by atoms with Crippen LogP contribution in [0.4, 0.5) is 11.8 Å². The van der Waals surface area contributed by atoms with Crippen molar-refractivity contribution in [3.63, 3.8) is 0 Å². The van der Waals surface area contributed by atoms with Crippen LogP contribution in [-0.4, -0.2) is 51.6 Å². The van der Waals surface area contributed by atoms with E-state index in [0.717, 1.165) is 54.7 Å². The summed E-state index contributed by atoms with van der Waals surface area (Å²) in [7, 11) is 0. The average molecular weight is 390 g/mol. The molecule has 3 heterocycles. The number of nitrogens with one attached hydrogen (secondary N) is 2. The number of carbonyl (C=O) groups is 1. The molecule has 0 atom stereocenters. The van der Waals surface area contributed by atoms with E-state index in [1.165, 1.54) is 19.3 Å². The number of aromatic nitrogens is 4. The summed E-state index contributed by atoms with van der Waals surface area (Å²) in [6.07, 6.45) is 5.43. The molecule has 0 aliphatic carbocycles. The molecular weight excluding hydrogens is 362 g/mol. The van der Waals surface area contributed by atoms with E-state index < -0.39 is 0 Å². The first-order valence-electron chi connectivity index (χ1n) is 9.61. The summed E-state index contributed by atoms with van der Waals surface area (Å²) in [5, 5.41) is 10.2. The highest BCUT2D eigenvalue weighted by molar-refractivity contribution is 7.08. The summed E-state index contributed by atoms with van der Waals surface area (Å²) in [4.78, 5) is 24.3. The lowest BCUT2D eigenvalue weighted by atomic mass is 10.1. The van der Waals surface area contributed by atoms with E-state index in [2.05, 4.69) is 42.0 Å². The molecule has 0 radical (unpaired) electrons. The van der Waals surface area contributed by atoms with Crippen molar-refractivity contribution in [3.8, 4) is 0 Å². The quantitative estimate of drug-likeness (QED) is 0.669. The minimum atomic E-state index is -0.116. The third-order valence-corrected chi connectivity index (χ3v) is 5.23. The van der Waals surface area contributed by atoms with Gasteiger partial charge in [-0.15, -0.1) is 5.10 Å². The minimum Gasteiger partial charge on any atom is -0.356 e. The van der Waals surface area contributed by atoms with Crippen LogP contribution in [0.15, 0.2) is 6.07 Å². The normalized spacial score (nSPS) is 14.2. The van der Waals surface area contributed by atoms with Gasteiger partial charge in [0.25, 0.3) is 5.91 Å². The van der Waals surface area contributed by atoms with E-state index in [4.69, 9.17) is 0 Å². The molecule has 2 aromatic heterocycles. The Labute approximate surface area is 164 Å². The molecule has 2 aromatic rings. The largest absolute Gasteiger partial charge is 0.356 e. The van der Waals surface area contributed by atoms with Crippen molar-refractivity contribution in [3.05, 3.63) is 22.3 Å². The van der Waals surface area contributed by atoms with Gasteiger partial charge in [-0.05, 0) is 44.1 Å². The summed E-state index contributed by atoms with van der Waals surface area (Å²) in [5.74, 6) is 1.47. The van der Waals surface area contributed by atoms with Gasteiger partial charge >= 0.3 is 0 Å². The van der Waals surface area contributed by atoms with Gasteiger partial charge in [0.15, 0.2) is 0 Å². The Kier molecular flexibility index (Phi) is 6.92. The smallest absolute Gasteiger partial charge is 0.265 e. The number of hydrogen-bond donors (Lipinski definition) is 2. The zero-order valence-electron chi connectivity index (χ0n) is 16.0. The van der Waals surface area contributed by atoms with Crippen LogP contribution in [-0.2, 0) is 6.42 Å². The van der Waals surface area contributed by atoms with E-state index in [9.17, 15) is 4.79 Å². The second-order valence-corrected chi connectivity index (χ2v) is 7.47. The lowest BCUT2D eigenvalue weighted by Gasteiger charge is -2.28. The molecule has 0 bridgehead atoms. The van der Waals surface area contributed by atoms with E-state index in [0.29, 0.717) is 23.9 Å². The standard InChI is InChI=1S/C18H27N7OS/c1-3-7-14-16(27-24-23-14)17(26)19-8-9-20-18-21-13(2)12-15(22-18)25-10-5-4-6-11-25/h12H,3-11H2,1-2H3,(H,19,26)(H,20,21,22). The van der Waals surface area contributed by atoms with Gasteiger partial charge < -0.3 is 15.5 Å². The van der Waals surface area contributed by atoms with Gasteiger partial charge in [0.2, 0.25) is 5.95 Å². The van der Waals surface area contributed by atoms with Crippen molar-refractivity contribution >= 4 is 29.2 Å². The average Bonchev–Trinajstić information content (AvgIpc) is 3.14. The Hall–Kier alpha value is -2.29. The highest BCUT2D eigenvalue weighted by Crippen LogP contribution is 2.19. The Bertz CT molecular complexity index is 758. The fraction of sp³-hybridized carbons (Fsp3) is 0.611. The lowest BCUT2D eigenvalue weighted by molar-refractivity contribution is 0.0958. The fourth-order valence-corrected chi connectivity index (χ4v) is 3.75. The molecule has 1 aliphatic rings. The third-order valence-electron chi connectivity index (χ3n) is 4.46. The molecule has 2 N–H and O–H groups in total. The molecule has 0 saturated carbocycles. The molecule has 0 spiro atoms. The van der Waals surface area contributed by atoms with Crippen LogP contribution in [0.5, 0.6) is 0 Å². The van der Waals surface area contributed by atoms with Crippen molar-refractivity contribution in [1.29, 1.82) is 0 Å². The lowest BCUT2D eigenvalue weighted by Crippen LogP contribution is -2.31. The zero-order valence-corrected chi connectivity index (χ0v) is 16.8. The molecule has 8 nitrogen and oxygen atoms in total. The Morgan fingerprint density at radius 2 is 2.04 bits per heavy atom. The highest BCUT2D eigenvalue weighted by Gasteiger charge is 2.16. The van der Waals surface area contributed by atoms with Crippen LogP contribution in [0, 0.1) is 6.92 Å². The molecule has 1 aliphatic heterocycles. The summed E-state index contributed by atoms with van der Waals surface area (Å²) >= 11 is 1.15. The van der Waals surface area contributed by atoms with Gasteiger partial charge in [0.05, 0.1) is 5.69 Å².